The molecule has 0 spiro atoms. The molecule has 6 heteroatoms. The van der Waals surface area contributed by atoms with Gasteiger partial charge in [0.05, 0.1) is 17.6 Å². The van der Waals surface area contributed by atoms with E-state index >= 15 is 0 Å². The van der Waals surface area contributed by atoms with Gasteiger partial charge in [0.15, 0.2) is 0 Å². The maximum Gasteiger partial charge on any atom is 0.340 e. The lowest BCUT2D eigenvalue weighted by atomic mass is 9.71. The van der Waals surface area contributed by atoms with Crippen molar-refractivity contribution in [3.63, 3.8) is 0 Å². The lowest BCUT2D eigenvalue weighted by Gasteiger charge is -2.47. The van der Waals surface area contributed by atoms with Crippen LogP contribution in [0.15, 0.2) is 45.6 Å². The minimum Gasteiger partial charge on any atom is -0.488 e. The minimum atomic E-state index is -0.635. The predicted molar refractivity (Wildman–Crippen MR) is 139 cm³/mol. The molecule has 36 heavy (non-hydrogen) atoms. The van der Waals surface area contributed by atoms with Crippen molar-refractivity contribution in [2.45, 2.75) is 71.5 Å². The Kier molecular flexibility index (Phi) is 6.64. The van der Waals surface area contributed by atoms with E-state index < -0.39 is 11.2 Å². The molecule has 2 heterocycles. The van der Waals surface area contributed by atoms with E-state index in [1.165, 1.54) is 5.56 Å². The average Bonchev–Trinajstić information content (AvgIpc) is 2.86. The van der Waals surface area contributed by atoms with Crippen LogP contribution in [0, 0.1) is 26.7 Å². The van der Waals surface area contributed by atoms with Gasteiger partial charge in [0.25, 0.3) is 0 Å². The lowest BCUT2D eigenvalue weighted by Crippen LogP contribution is -2.55. The summed E-state index contributed by atoms with van der Waals surface area (Å²) in [4.78, 5) is 28.0. The Labute approximate surface area is 211 Å². The van der Waals surface area contributed by atoms with Crippen LogP contribution >= 0.6 is 0 Å². The van der Waals surface area contributed by atoms with Crippen molar-refractivity contribution in [3.8, 4) is 5.75 Å². The Morgan fingerprint density at radius 2 is 1.97 bits per heavy atom. The predicted octanol–water partition coefficient (Wildman–Crippen LogP) is 4.99. The molecule has 2 atom stereocenters. The molecule has 2 fully saturated rings. The molecule has 1 saturated carbocycles. The summed E-state index contributed by atoms with van der Waals surface area (Å²) in [5.74, 6) is 0.717. The number of benzene rings is 2. The molecule has 1 aromatic heterocycles. The quantitative estimate of drug-likeness (QED) is 0.511. The lowest BCUT2D eigenvalue weighted by molar-refractivity contribution is -0.142. The first-order chi connectivity index (χ1) is 17.2. The van der Waals surface area contributed by atoms with Crippen molar-refractivity contribution >= 4 is 16.9 Å². The topological polar surface area (TPSA) is 80.0 Å². The van der Waals surface area contributed by atoms with Gasteiger partial charge in [-0.05, 0) is 63.3 Å². The van der Waals surface area contributed by atoms with Crippen LogP contribution in [0.5, 0.6) is 5.75 Å². The van der Waals surface area contributed by atoms with Crippen LogP contribution in [-0.4, -0.2) is 34.6 Å². The van der Waals surface area contributed by atoms with Gasteiger partial charge in [-0.2, -0.15) is 0 Å². The van der Waals surface area contributed by atoms with Crippen LogP contribution in [0.2, 0.25) is 0 Å². The van der Waals surface area contributed by atoms with Gasteiger partial charge in [-0.25, -0.2) is 4.79 Å². The third-order valence-electron chi connectivity index (χ3n) is 8.24. The van der Waals surface area contributed by atoms with Gasteiger partial charge in [0.1, 0.15) is 17.9 Å². The second-order valence-electron chi connectivity index (χ2n) is 10.6. The first kappa shape index (κ1) is 24.6. The molecule has 0 unspecified atom stereocenters. The molecular weight excluding hydrogens is 454 g/mol. The highest BCUT2D eigenvalue weighted by molar-refractivity contribution is 5.87. The van der Waals surface area contributed by atoms with Crippen LogP contribution in [-0.2, 0) is 17.8 Å². The van der Waals surface area contributed by atoms with Crippen LogP contribution in [0.1, 0.15) is 59.9 Å². The van der Waals surface area contributed by atoms with E-state index in [2.05, 4.69) is 6.07 Å². The third kappa shape index (κ3) is 4.66. The summed E-state index contributed by atoms with van der Waals surface area (Å²) in [6.45, 7) is 7.34. The molecule has 0 radical (unpaired) electrons. The van der Waals surface area contributed by atoms with Crippen molar-refractivity contribution in [1.29, 1.82) is 0 Å². The summed E-state index contributed by atoms with van der Waals surface area (Å²) < 4.78 is 11.8. The van der Waals surface area contributed by atoms with E-state index in [1.807, 2.05) is 56.0 Å². The zero-order chi connectivity index (χ0) is 25.4. The summed E-state index contributed by atoms with van der Waals surface area (Å²) >= 11 is 0. The molecule has 1 aliphatic heterocycles. The van der Waals surface area contributed by atoms with E-state index in [4.69, 9.17) is 9.15 Å². The van der Waals surface area contributed by atoms with Crippen molar-refractivity contribution in [2.75, 3.05) is 13.1 Å². The fourth-order valence-corrected chi connectivity index (χ4v) is 5.95. The Morgan fingerprint density at radius 1 is 1.14 bits per heavy atom. The summed E-state index contributed by atoms with van der Waals surface area (Å²) in [6.07, 6.45) is 4.54. The minimum absolute atomic E-state index is 0.0138. The standard InChI is InChI=1S/C30H35NO5/c1-19-7-6-8-22(15-19)18-35-26-11-10-24-20(2)25(29(33)36-28(24)21(26)3)16-27(32)31-14-13-30(34)12-5-4-9-23(30)17-31/h6-8,10-11,15,23,34H,4-5,9,12-14,16-18H2,1-3H3/t23-,30+/m0/s1. The maximum atomic E-state index is 13.2. The van der Waals surface area contributed by atoms with Crippen LogP contribution < -0.4 is 10.4 Å². The number of amides is 1. The van der Waals surface area contributed by atoms with Crippen LogP contribution in [0.25, 0.3) is 11.0 Å². The fraction of sp³-hybridized carbons (Fsp3) is 0.467. The van der Waals surface area contributed by atoms with Crippen molar-refractivity contribution in [3.05, 3.63) is 74.6 Å². The Morgan fingerprint density at radius 3 is 2.78 bits per heavy atom. The molecule has 1 amide bonds. The van der Waals surface area contributed by atoms with Crippen molar-refractivity contribution in [2.24, 2.45) is 5.92 Å². The van der Waals surface area contributed by atoms with Gasteiger partial charge in [-0.15, -0.1) is 0 Å². The first-order valence-corrected chi connectivity index (χ1v) is 13.0. The molecule has 6 nitrogen and oxygen atoms in total. The van der Waals surface area contributed by atoms with Gasteiger partial charge in [0, 0.05) is 30.0 Å². The number of likely N-dealkylation sites (tertiary alicyclic amines) is 1. The third-order valence-corrected chi connectivity index (χ3v) is 8.24. The number of rotatable bonds is 5. The number of aryl methyl sites for hydroxylation is 3. The molecule has 1 aliphatic carbocycles. The summed E-state index contributed by atoms with van der Waals surface area (Å²) in [6, 6.07) is 12.0. The Hall–Kier alpha value is -3.12. The number of ether oxygens (including phenoxy) is 1. The zero-order valence-corrected chi connectivity index (χ0v) is 21.4. The average molecular weight is 490 g/mol. The van der Waals surface area contributed by atoms with Gasteiger partial charge >= 0.3 is 5.63 Å². The first-order valence-electron chi connectivity index (χ1n) is 13.0. The number of hydrogen-bond donors (Lipinski definition) is 1. The molecule has 2 aliphatic rings. The maximum absolute atomic E-state index is 13.2. The Bertz CT molecular complexity index is 1360. The Balaban J connectivity index is 1.35. The molecule has 0 bridgehead atoms. The summed E-state index contributed by atoms with van der Waals surface area (Å²) in [7, 11) is 0. The highest BCUT2D eigenvalue weighted by Gasteiger charge is 2.43. The van der Waals surface area contributed by atoms with Crippen LogP contribution in [0.4, 0.5) is 0 Å². The van der Waals surface area contributed by atoms with Crippen molar-refractivity contribution < 1.29 is 19.1 Å². The molecule has 5 rings (SSSR count). The second-order valence-corrected chi connectivity index (χ2v) is 10.6. The number of aliphatic hydroxyl groups is 1. The highest BCUT2D eigenvalue weighted by atomic mass is 16.5. The number of fused-ring (bicyclic) bond motifs is 2. The number of nitrogens with zero attached hydrogens (tertiary/aromatic N) is 1. The number of hydrogen-bond acceptors (Lipinski definition) is 5. The smallest absolute Gasteiger partial charge is 0.340 e. The van der Waals surface area contributed by atoms with Crippen LogP contribution in [0.3, 0.4) is 0 Å². The van der Waals surface area contributed by atoms with Gasteiger partial charge in [-0.3, -0.25) is 4.79 Å². The van der Waals surface area contributed by atoms with E-state index in [1.54, 1.807) is 0 Å². The molecular formula is C30H35NO5. The molecule has 1 saturated heterocycles. The largest absolute Gasteiger partial charge is 0.488 e. The molecule has 190 valence electrons. The monoisotopic (exact) mass is 489 g/mol. The van der Waals surface area contributed by atoms with Gasteiger partial charge in [-0.1, -0.05) is 42.7 Å². The second kappa shape index (κ2) is 9.74. The van der Waals surface area contributed by atoms with Crippen molar-refractivity contribution in [1.82, 2.24) is 4.90 Å². The highest BCUT2D eigenvalue weighted by Crippen LogP contribution is 2.40. The SMILES string of the molecule is Cc1cccc(COc2ccc3c(C)c(CC(=O)N4CC[C@]5(O)CCCC[C@H]5C4)c(=O)oc3c2C)c1. The zero-order valence-electron chi connectivity index (χ0n) is 21.4. The molecule has 3 aromatic rings. The summed E-state index contributed by atoms with van der Waals surface area (Å²) in [5.41, 5.74) is 3.59. The van der Waals surface area contributed by atoms with Gasteiger partial charge < -0.3 is 19.2 Å². The van der Waals surface area contributed by atoms with E-state index in [-0.39, 0.29) is 18.2 Å². The fourth-order valence-electron chi connectivity index (χ4n) is 5.95. The normalized spacial score (nSPS) is 21.9. The molecule has 2 aromatic carbocycles. The summed E-state index contributed by atoms with van der Waals surface area (Å²) in [5, 5.41) is 11.8. The number of piperidine rings is 1. The number of carbonyl (C=O) groups is 1. The van der Waals surface area contributed by atoms with E-state index in [0.717, 1.165) is 47.8 Å². The van der Waals surface area contributed by atoms with E-state index in [0.29, 0.717) is 43.0 Å². The van der Waals surface area contributed by atoms with Gasteiger partial charge in [0.2, 0.25) is 5.91 Å². The van der Waals surface area contributed by atoms with E-state index in [9.17, 15) is 14.7 Å². The molecule has 1 N–H and O–H groups in total. The number of carbonyl (C=O) groups excluding carboxylic acids is 1.